The molecule has 18 heavy (non-hydrogen) atoms. The highest BCUT2D eigenvalue weighted by Crippen LogP contribution is 1.94. The van der Waals surface area contributed by atoms with Crippen LogP contribution in [0.1, 0.15) is 26.7 Å². The van der Waals surface area contributed by atoms with E-state index in [0.29, 0.717) is 12.2 Å². The molecule has 0 aliphatic heterocycles. The number of likely N-dealkylation sites (N-methyl/N-ethyl adjacent to an activating group) is 1. The number of carbonyl (C=O) groups excluding carboxylic acids is 1. The van der Waals surface area contributed by atoms with Crippen LogP contribution in [0.15, 0.2) is 36.5 Å². The van der Waals surface area contributed by atoms with Crippen LogP contribution in [0, 0.1) is 0 Å². The third-order valence-corrected chi connectivity index (χ3v) is 2.35. The van der Waals surface area contributed by atoms with E-state index in [1.807, 2.05) is 7.05 Å². The smallest absolute Gasteiger partial charge is 0.333 e. The first-order chi connectivity index (χ1) is 8.57. The second-order valence-corrected chi connectivity index (χ2v) is 4.27. The maximum atomic E-state index is 11.1. The molecule has 102 valence electrons. The number of esters is 1. The molecular weight excluding hydrogens is 226 g/mol. The van der Waals surface area contributed by atoms with Crippen LogP contribution in [-0.2, 0) is 9.53 Å². The normalized spacial score (nSPS) is 11.6. The molecule has 0 aromatic rings. The van der Waals surface area contributed by atoms with Crippen LogP contribution in [0.25, 0.3) is 0 Å². The molecule has 0 radical (unpaired) electrons. The topological polar surface area (TPSA) is 29.5 Å². The third kappa shape index (κ3) is 9.85. The summed E-state index contributed by atoms with van der Waals surface area (Å²) in [7, 11) is 2.02. The second-order valence-electron chi connectivity index (χ2n) is 4.27. The van der Waals surface area contributed by atoms with Gasteiger partial charge in [-0.25, -0.2) is 4.79 Å². The van der Waals surface area contributed by atoms with E-state index < -0.39 is 0 Å². The summed E-state index contributed by atoms with van der Waals surface area (Å²) in [6, 6.07) is 0. The van der Waals surface area contributed by atoms with E-state index in [1.165, 1.54) is 0 Å². The van der Waals surface area contributed by atoms with Crippen molar-refractivity contribution in [3.05, 3.63) is 36.5 Å². The van der Waals surface area contributed by atoms with Crippen LogP contribution >= 0.6 is 0 Å². The van der Waals surface area contributed by atoms with Crippen molar-refractivity contribution in [2.24, 2.45) is 0 Å². The fourth-order valence-corrected chi connectivity index (χ4v) is 1.21. The summed E-state index contributed by atoms with van der Waals surface area (Å²) in [6.07, 6.45) is 10.5. The molecule has 0 spiro atoms. The lowest BCUT2D eigenvalue weighted by Gasteiger charge is -2.15. The molecule has 3 heteroatoms. The minimum Gasteiger partial charge on any atom is -0.461 e. The first-order valence-corrected chi connectivity index (χ1v) is 6.40. The van der Waals surface area contributed by atoms with Crippen molar-refractivity contribution in [1.82, 2.24) is 4.90 Å². The molecule has 0 heterocycles. The number of hydrogen-bond donors (Lipinski definition) is 0. The summed E-state index contributed by atoms with van der Waals surface area (Å²) in [6.45, 7) is 9.43. The van der Waals surface area contributed by atoms with Gasteiger partial charge in [-0.05, 0) is 26.8 Å². The maximum absolute atomic E-state index is 11.1. The number of nitrogens with zero attached hydrogens (tertiary/aromatic N) is 1. The van der Waals surface area contributed by atoms with E-state index in [1.54, 1.807) is 6.92 Å². The van der Waals surface area contributed by atoms with E-state index in [4.69, 9.17) is 4.74 Å². The Kier molecular flexibility index (Phi) is 9.97. The minimum atomic E-state index is -0.312. The minimum absolute atomic E-state index is 0.312. The highest BCUT2D eigenvalue weighted by atomic mass is 16.5. The Labute approximate surface area is 111 Å². The van der Waals surface area contributed by atoms with Gasteiger partial charge in [0.1, 0.15) is 6.61 Å². The van der Waals surface area contributed by atoms with E-state index >= 15 is 0 Å². The molecule has 3 nitrogen and oxygen atoms in total. The summed E-state index contributed by atoms with van der Waals surface area (Å²) < 4.78 is 5.02. The van der Waals surface area contributed by atoms with Crippen LogP contribution in [-0.4, -0.2) is 37.6 Å². The van der Waals surface area contributed by atoms with Crippen molar-refractivity contribution in [3.8, 4) is 0 Å². The zero-order valence-electron chi connectivity index (χ0n) is 11.8. The first kappa shape index (κ1) is 16.6. The van der Waals surface area contributed by atoms with Crippen LogP contribution in [0.4, 0.5) is 0 Å². The number of allylic oxidation sites excluding steroid dienone is 3. The predicted molar refractivity (Wildman–Crippen MR) is 76.5 cm³/mol. The lowest BCUT2D eigenvalue weighted by molar-refractivity contribution is -0.139. The molecule has 0 rings (SSSR count). The first-order valence-electron chi connectivity index (χ1n) is 6.40. The summed E-state index contributed by atoms with van der Waals surface area (Å²) in [5.41, 5.74) is 0.447. The molecule has 0 aliphatic carbocycles. The van der Waals surface area contributed by atoms with Crippen LogP contribution in [0.5, 0.6) is 0 Å². The van der Waals surface area contributed by atoms with Crippen molar-refractivity contribution in [2.75, 3.05) is 26.7 Å². The SMILES string of the molecule is C=C(C)C(=O)OCCN(C)CC/C=C/C=C/CC. The fraction of sp³-hybridized carbons (Fsp3) is 0.533. The zero-order valence-corrected chi connectivity index (χ0v) is 11.8. The van der Waals surface area contributed by atoms with Crippen molar-refractivity contribution >= 4 is 5.97 Å². The quantitative estimate of drug-likeness (QED) is 0.358. The van der Waals surface area contributed by atoms with Crippen LogP contribution < -0.4 is 0 Å². The predicted octanol–water partition coefficient (Wildman–Crippen LogP) is 2.95. The van der Waals surface area contributed by atoms with Gasteiger partial charge in [-0.1, -0.05) is 37.8 Å². The van der Waals surface area contributed by atoms with Gasteiger partial charge in [-0.15, -0.1) is 0 Å². The van der Waals surface area contributed by atoms with Gasteiger partial charge in [0.2, 0.25) is 0 Å². The molecule has 0 saturated carbocycles. The Morgan fingerprint density at radius 1 is 1.28 bits per heavy atom. The molecule has 0 N–H and O–H groups in total. The Balaban J connectivity index is 3.57. The summed E-state index contributed by atoms with van der Waals surface area (Å²) in [4.78, 5) is 13.3. The lowest BCUT2D eigenvalue weighted by atomic mass is 10.3. The highest BCUT2D eigenvalue weighted by molar-refractivity contribution is 5.86. The molecule has 0 aromatic carbocycles. The van der Waals surface area contributed by atoms with Crippen molar-refractivity contribution in [2.45, 2.75) is 26.7 Å². The van der Waals surface area contributed by atoms with Gasteiger partial charge < -0.3 is 9.64 Å². The summed E-state index contributed by atoms with van der Waals surface area (Å²) in [5.74, 6) is -0.312. The van der Waals surface area contributed by atoms with Gasteiger partial charge in [0.15, 0.2) is 0 Å². The average molecular weight is 251 g/mol. The molecule has 0 atom stereocenters. The van der Waals surface area contributed by atoms with Gasteiger partial charge in [0, 0.05) is 18.7 Å². The van der Waals surface area contributed by atoms with Crippen molar-refractivity contribution < 1.29 is 9.53 Å². The second kappa shape index (κ2) is 10.8. The molecule has 0 unspecified atom stereocenters. The number of hydrogen-bond acceptors (Lipinski definition) is 3. The third-order valence-electron chi connectivity index (χ3n) is 2.35. The Bertz CT molecular complexity index is 306. The summed E-state index contributed by atoms with van der Waals surface area (Å²) in [5, 5.41) is 0. The van der Waals surface area contributed by atoms with Gasteiger partial charge in [-0.2, -0.15) is 0 Å². The Morgan fingerprint density at radius 3 is 2.56 bits per heavy atom. The molecule has 0 aliphatic rings. The molecule has 0 bridgehead atoms. The molecule has 0 amide bonds. The number of carbonyl (C=O) groups is 1. The van der Waals surface area contributed by atoms with E-state index in [2.05, 4.69) is 42.7 Å². The monoisotopic (exact) mass is 251 g/mol. The standard InChI is InChI=1S/C15H25NO2/c1-5-6-7-8-9-10-11-16(4)12-13-18-15(17)14(2)3/h6-9H,2,5,10-13H2,1,3-4H3/b7-6+,9-8+. The van der Waals surface area contributed by atoms with Crippen LogP contribution in [0.2, 0.25) is 0 Å². The van der Waals surface area contributed by atoms with Crippen molar-refractivity contribution in [3.63, 3.8) is 0 Å². The fourth-order valence-electron chi connectivity index (χ4n) is 1.21. The van der Waals surface area contributed by atoms with Crippen molar-refractivity contribution in [1.29, 1.82) is 0 Å². The highest BCUT2D eigenvalue weighted by Gasteiger charge is 2.03. The Hall–Kier alpha value is -1.35. The van der Waals surface area contributed by atoms with E-state index in [0.717, 1.165) is 25.9 Å². The Morgan fingerprint density at radius 2 is 1.94 bits per heavy atom. The molecule has 0 fully saturated rings. The van der Waals surface area contributed by atoms with Gasteiger partial charge in [-0.3, -0.25) is 0 Å². The zero-order chi connectivity index (χ0) is 13.8. The summed E-state index contributed by atoms with van der Waals surface area (Å²) >= 11 is 0. The van der Waals surface area contributed by atoms with Gasteiger partial charge >= 0.3 is 5.97 Å². The molecular formula is C15H25NO2. The average Bonchev–Trinajstić information content (AvgIpc) is 2.33. The maximum Gasteiger partial charge on any atom is 0.333 e. The lowest BCUT2D eigenvalue weighted by Crippen LogP contribution is -2.25. The molecule has 0 saturated heterocycles. The van der Waals surface area contributed by atoms with Gasteiger partial charge in [0.25, 0.3) is 0 Å². The number of ether oxygens (including phenoxy) is 1. The van der Waals surface area contributed by atoms with E-state index in [-0.39, 0.29) is 5.97 Å². The molecule has 0 aromatic heterocycles. The number of rotatable bonds is 9. The van der Waals surface area contributed by atoms with Crippen LogP contribution in [0.3, 0.4) is 0 Å². The van der Waals surface area contributed by atoms with E-state index in [9.17, 15) is 4.79 Å². The van der Waals surface area contributed by atoms with Gasteiger partial charge in [0.05, 0.1) is 0 Å². The largest absolute Gasteiger partial charge is 0.461 e.